The number of likely N-dealkylation sites (tertiary alicyclic amines) is 1. The Bertz CT molecular complexity index is 1040. The van der Waals surface area contributed by atoms with Crippen molar-refractivity contribution in [1.82, 2.24) is 14.9 Å². The van der Waals surface area contributed by atoms with Gasteiger partial charge in [0.15, 0.2) is 11.5 Å². The van der Waals surface area contributed by atoms with Gasteiger partial charge in [-0.05, 0) is 43.9 Å². The molecule has 0 bridgehead atoms. The molecule has 0 spiro atoms. The maximum Gasteiger partial charge on any atom is 0.228 e. The van der Waals surface area contributed by atoms with E-state index in [4.69, 9.17) is 19.4 Å². The molecule has 0 aliphatic carbocycles. The Kier molecular flexibility index (Phi) is 6.30. The summed E-state index contributed by atoms with van der Waals surface area (Å²) in [7, 11) is 4.95. The zero-order valence-corrected chi connectivity index (χ0v) is 19.2. The van der Waals surface area contributed by atoms with Crippen LogP contribution in [-0.2, 0) is 22.4 Å². The molecule has 1 atom stereocenters. The number of amides is 2. The van der Waals surface area contributed by atoms with Crippen LogP contribution < -0.4 is 14.4 Å². The summed E-state index contributed by atoms with van der Waals surface area (Å²) in [6, 6.07) is 5.56. The summed E-state index contributed by atoms with van der Waals surface area (Å²) in [5.41, 5.74) is 2.86. The van der Waals surface area contributed by atoms with Crippen LogP contribution in [0.1, 0.15) is 47.8 Å². The lowest BCUT2D eigenvalue weighted by Gasteiger charge is -2.33. The molecule has 2 aliphatic heterocycles. The zero-order chi connectivity index (χ0) is 22.8. The number of aromatic nitrogens is 2. The molecule has 8 nitrogen and oxygen atoms in total. The van der Waals surface area contributed by atoms with Crippen LogP contribution in [0.2, 0.25) is 0 Å². The summed E-state index contributed by atoms with van der Waals surface area (Å²) in [5.74, 6) is 2.92. The number of aryl methyl sites for hydroxylation is 1. The number of methoxy groups -OCH3 is 2. The molecule has 1 unspecified atom stereocenters. The lowest BCUT2D eigenvalue weighted by molar-refractivity contribution is -0.131. The fraction of sp³-hybridized carbons (Fsp3) is 0.500. The third-order valence-corrected chi connectivity index (χ3v) is 6.43. The zero-order valence-electron chi connectivity index (χ0n) is 19.2. The Balaban J connectivity index is 1.50. The van der Waals surface area contributed by atoms with E-state index in [0.717, 1.165) is 47.8 Å². The standard InChI is InChI=1S/C24H30N4O4/c1-15-18-8-10-21(29)27(2)24(18)26-23(25-15)17-6-5-11-28(14-17)22(30)13-16-7-9-19(31-3)20(12-16)32-4/h7,9,12,17H,5-6,8,10-11,13-14H2,1-4H3. The van der Waals surface area contributed by atoms with Crippen molar-refractivity contribution in [2.75, 3.05) is 39.3 Å². The van der Waals surface area contributed by atoms with Gasteiger partial charge in [-0.2, -0.15) is 0 Å². The first kappa shape index (κ1) is 22.0. The third kappa shape index (κ3) is 4.26. The van der Waals surface area contributed by atoms with Gasteiger partial charge in [0.05, 0.1) is 20.6 Å². The summed E-state index contributed by atoms with van der Waals surface area (Å²) in [6.07, 6.45) is 3.31. The second-order valence-electron chi connectivity index (χ2n) is 8.47. The van der Waals surface area contributed by atoms with Gasteiger partial charge < -0.3 is 14.4 Å². The van der Waals surface area contributed by atoms with Crippen molar-refractivity contribution in [1.29, 1.82) is 0 Å². The van der Waals surface area contributed by atoms with Crippen molar-refractivity contribution in [3.05, 3.63) is 40.8 Å². The third-order valence-electron chi connectivity index (χ3n) is 6.43. The summed E-state index contributed by atoms with van der Waals surface area (Å²) >= 11 is 0. The van der Waals surface area contributed by atoms with Crippen molar-refractivity contribution in [3.8, 4) is 11.5 Å². The number of fused-ring (bicyclic) bond motifs is 1. The van der Waals surface area contributed by atoms with Crippen molar-refractivity contribution in [2.45, 2.75) is 44.9 Å². The van der Waals surface area contributed by atoms with E-state index in [-0.39, 0.29) is 17.7 Å². The predicted molar refractivity (Wildman–Crippen MR) is 120 cm³/mol. The number of benzene rings is 1. The topological polar surface area (TPSA) is 84.9 Å². The lowest BCUT2D eigenvalue weighted by atomic mass is 9.95. The van der Waals surface area contributed by atoms with Crippen LogP contribution in [-0.4, -0.2) is 61.0 Å². The lowest BCUT2D eigenvalue weighted by Crippen LogP contribution is -2.40. The number of carbonyl (C=O) groups is 2. The van der Waals surface area contributed by atoms with Crippen molar-refractivity contribution < 1.29 is 19.1 Å². The summed E-state index contributed by atoms with van der Waals surface area (Å²) in [6.45, 7) is 3.30. The highest BCUT2D eigenvalue weighted by atomic mass is 16.5. The van der Waals surface area contributed by atoms with Crippen LogP contribution in [0.4, 0.5) is 5.82 Å². The SMILES string of the molecule is COc1ccc(CC(=O)N2CCCC(c3nc(C)c4c(n3)N(C)C(=O)CC4)C2)cc1OC. The normalized spacial score (nSPS) is 18.4. The minimum absolute atomic E-state index is 0.0625. The Morgan fingerprint density at radius 2 is 1.94 bits per heavy atom. The Morgan fingerprint density at radius 1 is 1.16 bits per heavy atom. The van der Waals surface area contributed by atoms with E-state index in [9.17, 15) is 9.59 Å². The molecular weight excluding hydrogens is 408 g/mol. The minimum atomic E-state index is 0.0625. The smallest absolute Gasteiger partial charge is 0.228 e. The highest BCUT2D eigenvalue weighted by Crippen LogP contribution is 2.32. The number of ether oxygens (including phenoxy) is 2. The molecule has 170 valence electrons. The average molecular weight is 439 g/mol. The molecule has 2 amide bonds. The number of piperidine rings is 1. The molecular formula is C24H30N4O4. The second kappa shape index (κ2) is 9.14. The molecule has 32 heavy (non-hydrogen) atoms. The molecule has 1 aromatic carbocycles. The Morgan fingerprint density at radius 3 is 2.69 bits per heavy atom. The second-order valence-corrected chi connectivity index (χ2v) is 8.47. The molecule has 8 heteroatoms. The molecule has 4 rings (SSSR count). The van der Waals surface area contributed by atoms with Gasteiger partial charge >= 0.3 is 0 Å². The summed E-state index contributed by atoms with van der Waals surface area (Å²) < 4.78 is 10.6. The highest BCUT2D eigenvalue weighted by Gasteiger charge is 2.30. The van der Waals surface area contributed by atoms with Gasteiger partial charge in [0.1, 0.15) is 11.6 Å². The Labute approximate surface area is 188 Å². The Hall–Kier alpha value is -3.16. The molecule has 0 radical (unpaired) electrons. The first-order valence-electron chi connectivity index (χ1n) is 11.0. The number of rotatable bonds is 5. The molecule has 2 aliphatic rings. The maximum absolute atomic E-state index is 13.1. The van der Waals surface area contributed by atoms with Gasteiger partial charge in [-0.3, -0.25) is 14.5 Å². The maximum atomic E-state index is 13.1. The fourth-order valence-electron chi connectivity index (χ4n) is 4.56. The van der Waals surface area contributed by atoms with Gasteiger partial charge in [0.2, 0.25) is 11.8 Å². The first-order chi connectivity index (χ1) is 15.4. The van der Waals surface area contributed by atoms with Crippen LogP contribution in [0.3, 0.4) is 0 Å². The summed E-state index contributed by atoms with van der Waals surface area (Å²) in [4.78, 5) is 38.3. The fourth-order valence-corrected chi connectivity index (χ4v) is 4.56. The summed E-state index contributed by atoms with van der Waals surface area (Å²) in [5, 5.41) is 0. The van der Waals surface area contributed by atoms with Crippen molar-refractivity contribution in [2.24, 2.45) is 0 Å². The van der Waals surface area contributed by atoms with E-state index in [2.05, 4.69) is 0 Å². The molecule has 1 aromatic heterocycles. The number of hydrogen-bond acceptors (Lipinski definition) is 6. The van der Waals surface area contributed by atoms with E-state index in [1.165, 1.54) is 0 Å². The van der Waals surface area contributed by atoms with E-state index in [1.54, 1.807) is 26.2 Å². The molecule has 1 saturated heterocycles. The van der Waals surface area contributed by atoms with Gasteiger partial charge in [0.25, 0.3) is 0 Å². The molecule has 0 N–H and O–H groups in total. The van der Waals surface area contributed by atoms with Crippen LogP contribution in [0.5, 0.6) is 11.5 Å². The number of hydrogen-bond donors (Lipinski definition) is 0. The monoisotopic (exact) mass is 438 g/mol. The quantitative estimate of drug-likeness (QED) is 0.714. The molecule has 0 saturated carbocycles. The van der Waals surface area contributed by atoms with Gasteiger partial charge in [-0.15, -0.1) is 0 Å². The van der Waals surface area contributed by atoms with Gasteiger partial charge in [-0.25, -0.2) is 9.97 Å². The van der Waals surface area contributed by atoms with Crippen LogP contribution >= 0.6 is 0 Å². The van der Waals surface area contributed by atoms with Gasteiger partial charge in [0, 0.05) is 43.7 Å². The van der Waals surface area contributed by atoms with E-state index in [0.29, 0.717) is 37.3 Å². The van der Waals surface area contributed by atoms with Crippen molar-refractivity contribution >= 4 is 17.6 Å². The van der Waals surface area contributed by atoms with Crippen LogP contribution in [0.25, 0.3) is 0 Å². The largest absolute Gasteiger partial charge is 0.493 e. The molecule has 1 fully saturated rings. The number of anilines is 1. The van der Waals surface area contributed by atoms with E-state index >= 15 is 0 Å². The minimum Gasteiger partial charge on any atom is -0.493 e. The molecule has 3 heterocycles. The van der Waals surface area contributed by atoms with Crippen molar-refractivity contribution in [3.63, 3.8) is 0 Å². The number of carbonyl (C=O) groups excluding carboxylic acids is 2. The first-order valence-corrected chi connectivity index (χ1v) is 11.0. The van der Waals surface area contributed by atoms with E-state index < -0.39 is 0 Å². The van der Waals surface area contributed by atoms with Crippen LogP contribution in [0, 0.1) is 6.92 Å². The predicted octanol–water partition coefficient (Wildman–Crippen LogP) is 2.66. The number of nitrogens with zero attached hydrogens (tertiary/aromatic N) is 4. The van der Waals surface area contributed by atoms with Gasteiger partial charge in [-0.1, -0.05) is 6.07 Å². The van der Waals surface area contributed by atoms with Crippen LogP contribution in [0.15, 0.2) is 18.2 Å². The average Bonchev–Trinajstić information content (AvgIpc) is 2.81. The van der Waals surface area contributed by atoms with E-state index in [1.807, 2.05) is 30.0 Å². The molecule has 2 aromatic rings. The highest BCUT2D eigenvalue weighted by molar-refractivity contribution is 5.94.